The molecule has 0 aliphatic carbocycles. The van der Waals surface area contributed by atoms with Crippen LogP contribution in [-0.2, 0) is 25.6 Å². The Labute approximate surface area is 187 Å². The van der Waals surface area contributed by atoms with Gasteiger partial charge in [0.15, 0.2) is 0 Å². The molecule has 0 saturated carbocycles. The largest absolute Gasteiger partial charge is 0.480 e. The quantitative estimate of drug-likeness (QED) is 0.250. The highest BCUT2D eigenvalue weighted by Crippen LogP contribution is 2.09. The molecule has 0 radical (unpaired) electrons. The van der Waals surface area contributed by atoms with Crippen LogP contribution in [0.3, 0.4) is 0 Å². The fraction of sp³-hybridized carbons (Fsp3) is 0.545. The van der Waals surface area contributed by atoms with E-state index in [0.717, 1.165) is 5.56 Å². The van der Waals surface area contributed by atoms with E-state index in [1.54, 1.807) is 38.1 Å². The number of aliphatic hydroxyl groups excluding tert-OH is 1. The van der Waals surface area contributed by atoms with Crippen LogP contribution in [0.1, 0.15) is 39.7 Å². The second-order valence-electron chi connectivity index (χ2n) is 7.98. The van der Waals surface area contributed by atoms with Gasteiger partial charge in [0.2, 0.25) is 17.7 Å². The van der Waals surface area contributed by atoms with Gasteiger partial charge in [0.1, 0.15) is 18.1 Å². The summed E-state index contributed by atoms with van der Waals surface area (Å²) in [6, 6.07) is 4.42. The molecule has 178 valence electrons. The monoisotopic (exact) mass is 450 g/mol. The number of hydrogen-bond donors (Lipinski definition) is 6. The van der Waals surface area contributed by atoms with Crippen LogP contribution in [0.15, 0.2) is 30.3 Å². The van der Waals surface area contributed by atoms with Crippen molar-refractivity contribution in [1.29, 1.82) is 0 Å². The van der Waals surface area contributed by atoms with E-state index in [4.69, 9.17) is 5.73 Å². The Bertz CT molecular complexity index is 784. The van der Waals surface area contributed by atoms with E-state index < -0.39 is 54.0 Å². The molecule has 6 atom stereocenters. The number of rotatable bonds is 12. The highest BCUT2D eigenvalue weighted by Gasteiger charge is 2.33. The molecular formula is C22H34N4O6. The predicted octanol–water partition coefficient (Wildman–Crippen LogP) is -0.458. The minimum Gasteiger partial charge on any atom is -0.480 e. The van der Waals surface area contributed by atoms with Gasteiger partial charge < -0.3 is 31.9 Å². The SMILES string of the molecule is CCC(C)C(NC(=O)C(NC(=O)C(Cc1ccccc1)NC(=O)C(C)N)C(C)O)C(=O)O. The summed E-state index contributed by atoms with van der Waals surface area (Å²) in [5.41, 5.74) is 6.36. The van der Waals surface area contributed by atoms with Crippen molar-refractivity contribution in [2.75, 3.05) is 0 Å². The summed E-state index contributed by atoms with van der Waals surface area (Å²) in [4.78, 5) is 49.3. The Morgan fingerprint density at radius 3 is 1.94 bits per heavy atom. The first-order chi connectivity index (χ1) is 15.0. The molecule has 0 aliphatic rings. The fourth-order valence-electron chi connectivity index (χ4n) is 2.95. The number of carboxylic acid groups (broad SMARTS) is 1. The van der Waals surface area contributed by atoms with Gasteiger partial charge in [-0.1, -0.05) is 50.6 Å². The Kier molecular flexibility index (Phi) is 10.8. The smallest absolute Gasteiger partial charge is 0.326 e. The lowest BCUT2D eigenvalue weighted by Gasteiger charge is -2.27. The summed E-state index contributed by atoms with van der Waals surface area (Å²) in [6.45, 7) is 6.24. The number of aliphatic carboxylic acids is 1. The molecule has 0 aliphatic heterocycles. The van der Waals surface area contributed by atoms with Gasteiger partial charge in [-0.2, -0.15) is 0 Å². The molecule has 0 bridgehead atoms. The molecule has 0 aromatic heterocycles. The molecule has 1 aromatic carbocycles. The molecule has 0 heterocycles. The first kappa shape index (κ1) is 27.1. The van der Waals surface area contributed by atoms with Gasteiger partial charge in [-0.25, -0.2) is 4.79 Å². The number of amides is 3. The summed E-state index contributed by atoms with van der Waals surface area (Å²) < 4.78 is 0. The third-order valence-corrected chi connectivity index (χ3v) is 5.17. The molecule has 10 heteroatoms. The number of nitrogens with two attached hydrogens (primary N) is 1. The van der Waals surface area contributed by atoms with E-state index in [1.165, 1.54) is 13.8 Å². The van der Waals surface area contributed by atoms with Crippen molar-refractivity contribution >= 4 is 23.7 Å². The third-order valence-electron chi connectivity index (χ3n) is 5.17. The van der Waals surface area contributed by atoms with Gasteiger partial charge in [0.25, 0.3) is 0 Å². The molecule has 6 unspecified atom stereocenters. The number of nitrogens with one attached hydrogen (secondary N) is 3. The van der Waals surface area contributed by atoms with Crippen molar-refractivity contribution in [3.8, 4) is 0 Å². The summed E-state index contributed by atoms with van der Waals surface area (Å²) in [5, 5.41) is 26.9. The maximum atomic E-state index is 13.0. The van der Waals surface area contributed by atoms with Gasteiger partial charge in [0, 0.05) is 6.42 Å². The summed E-state index contributed by atoms with van der Waals surface area (Å²) in [6.07, 6.45) is -0.679. The minimum atomic E-state index is -1.42. The van der Waals surface area contributed by atoms with Crippen molar-refractivity contribution in [3.05, 3.63) is 35.9 Å². The Morgan fingerprint density at radius 2 is 1.47 bits per heavy atom. The van der Waals surface area contributed by atoms with Crippen molar-refractivity contribution in [2.24, 2.45) is 11.7 Å². The molecule has 1 aromatic rings. The van der Waals surface area contributed by atoms with Crippen LogP contribution in [0, 0.1) is 5.92 Å². The van der Waals surface area contributed by atoms with E-state index >= 15 is 0 Å². The number of hydrogen-bond acceptors (Lipinski definition) is 6. The minimum absolute atomic E-state index is 0.129. The highest BCUT2D eigenvalue weighted by molar-refractivity contribution is 5.94. The van der Waals surface area contributed by atoms with E-state index in [1.807, 2.05) is 6.07 Å². The first-order valence-electron chi connectivity index (χ1n) is 10.6. The number of carboxylic acids is 1. The predicted molar refractivity (Wildman–Crippen MR) is 118 cm³/mol. The topological polar surface area (TPSA) is 171 Å². The van der Waals surface area contributed by atoms with E-state index in [0.29, 0.717) is 6.42 Å². The molecule has 0 spiro atoms. The van der Waals surface area contributed by atoms with Crippen molar-refractivity contribution in [3.63, 3.8) is 0 Å². The van der Waals surface area contributed by atoms with Gasteiger partial charge in [-0.05, 0) is 25.3 Å². The van der Waals surface area contributed by atoms with Crippen LogP contribution in [0.25, 0.3) is 0 Å². The second kappa shape index (κ2) is 12.8. The summed E-state index contributed by atoms with van der Waals surface area (Å²) in [7, 11) is 0. The normalized spacial score (nSPS) is 16.6. The molecule has 7 N–H and O–H groups in total. The molecule has 3 amide bonds. The molecule has 0 saturated heterocycles. The molecule has 10 nitrogen and oxygen atoms in total. The van der Waals surface area contributed by atoms with Crippen LogP contribution >= 0.6 is 0 Å². The highest BCUT2D eigenvalue weighted by atomic mass is 16.4. The average Bonchev–Trinajstić information content (AvgIpc) is 2.74. The van der Waals surface area contributed by atoms with Crippen molar-refractivity contribution in [2.45, 2.75) is 70.8 Å². The first-order valence-corrected chi connectivity index (χ1v) is 10.6. The van der Waals surface area contributed by atoms with Crippen molar-refractivity contribution in [1.82, 2.24) is 16.0 Å². The van der Waals surface area contributed by atoms with Gasteiger partial charge >= 0.3 is 5.97 Å². The van der Waals surface area contributed by atoms with E-state index in [-0.39, 0.29) is 12.3 Å². The number of carbonyl (C=O) groups is 4. The lowest BCUT2D eigenvalue weighted by atomic mass is 9.98. The number of benzene rings is 1. The second-order valence-corrected chi connectivity index (χ2v) is 7.98. The zero-order valence-electron chi connectivity index (χ0n) is 18.9. The lowest BCUT2D eigenvalue weighted by Crippen LogP contribution is -2.60. The van der Waals surface area contributed by atoms with Crippen LogP contribution in [0.5, 0.6) is 0 Å². The molecule has 0 fully saturated rings. The summed E-state index contributed by atoms with van der Waals surface area (Å²) in [5.74, 6) is -3.67. The van der Waals surface area contributed by atoms with Gasteiger partial charge in [-0.3, -0.25) is 14.4 Å². The Hall–Kier alpha value is -2.98. The zero-order chi connectivity index (χ0) is 24.4. The molecular weight excluding hydrogens is 416 g/mol. The van der Waals surface area contributed by atoms with Gasteiger partial charge in [-0.15, -0.1) is 0 Å². The maximum Gasteiger partial charge on any atom is 0.326 e. The van der Waals surface area contributed by atoms with Gasteiger partial charge in [0.05, 0.1) is 12.1 Å². The Morgan fingerprint density at radius 1 is 0.906 bits per heavy atom. The summed E-state index contributed by atoms with van der Waals surface area (Å²) >= 11 is 0. The van der Waals surface area contributed by atoms with Crippen LogP contribution in [0.4, 0.5) is 0 Å². The molecule has 32 heavy (non-hydrogen) atoms. The number of carbonyl (C=O) groups excluding carboxylic acids is 3. The van der Waals surface area contributed by atoms with E-state index in [9.17, 15) is 29.4 Å². The fourth-order valence-corrected chi connectivity index (χ4v) is 2.95. The Balaban J connectivity index is 3.04. The van der Waals surface area contributed by atoms with Crippen LogP contribution in [-0.4, -0.2) is 64.2 Å². The van der Waals surface area contributed by atoms with Crippen molar-refractivity contribution < 1.29 is 29.4 Å². The van der Waals surface area contributed by atoms with Crippen LogP contribution < -0.4 is 21.7 Å². The maximum absolute atomic E-state index is 13.0. The zero-order valence-corrected chi connectivity index (χ0v) is 18.9. The lowest BCUT2D eigenvalue weighted by molar-refractivity contribution is -0.144. The molecule has 1 rings (SSSR count). The van der Waals surface area contributed by atoms with Crippen LogP contribution in [0.2, 0.25) is 0 Å². The standard InChI is InChI=1S/C22H34N4O6/c1-5-12(2)17(22(31)32)25-21(30)18(14(4)27)26-20(29)16(24-19(28)13(3)23)11-15-9-7-6-8-10-15/h6-10,12-14,16-18,27H,5,11,23H2,1-4H3,(H,24,28)(H,25,30)(H,26,29)(H,31,32). The van der Waals surface area contributed by atoms with E-state index in [2.05, 4.69) is 16.0 Å². The average molecular weight is 451 g/mol. The number of aliphatic hydroxyl groups is 1. The third kappa shape index (κ3) is 8.27.